The normalized spacial score (nSPS) is 20.2. The molecule has 3 nitrogen and oxygen atoms in total. The number of nitrogens with one attached hydrogen (secondary N) is 1. The molecule has 0 spiro atoms. The van der Waals surface area contributed by atoms with Crippen LogP contribution in [0.4, 0.5) is 0 Å². The zero-order valence-corrected chi connectivity index (χ0v) is 13.1. The fraction of sp³-hybridized carbons (Fsp3) is 0.647. The van der Waals surface area contributed by atoms with Crippen LogP contribution in [-0.4, -0.2) is 43.2 Å². The van der Waals surface area contributed by atoms with E-state index in [1.54, 1.807) is 0 Å². The van der Waals surface area contributed by atoms with Crippen molar-refractivity contribution in [3.05, 3.63) is 30.3 Å². The smallest absolute Gasteiger partial charge is 0.119 e. The number of likely N-dealkylation sites (tertiary alicyclic amines) is 1. The maximum absolute atomic E-state index is 5.76. The summed E-state index contributed by atoms with van der Waals surface area (Å²) in [5.74, 6) is 1.75. The van der Waals surface area contributed by atoms with Gasteiger partial charge in [0.2, 0.25) is 0 Å². The fourth-order valence-electron chi connectivity index (χ4n) is 2.54. The van der Waals surface area contributed by atoms with Crippen molar-refractivity contribution in [2.45, 2.75) is 32.7 Å². The molecule has 3 heteroatoms. The third-order valence-corrected chi connectivity index (χ3v) is 3.71. The summed E-state index contributed by atoms with van der Waals surface area (Å²) < 4.78 is 5.76. The molecule has 0 bridgehead atoms. The van der Waals surface area contributed by atoms with Crippen LogP contribution in [0.2, 0.25) is 0 Å². The highest BCUT2D eigenvalue weighted by molar-refractivity contribution is 5.20. The summed E-state index contributed by atoms with van der Waals surface area (Å²) in [7, 11) is 0. The maximum Gasteiger partial charge on any atom is 0.119 e. The van der Waals surface area contributed by atoms with Gasteiger partial charge < -0.3 is 10.1 Å². The van der Waals surface area contributed by atoms with E-state index in [4.69, 9.17) is 4.74 Å². The number of hydrogen-bond acceptors (Lipinski definition) is 3. The lowest BCUT2D eigenvalue weighted by molar-refractivity contribution is 0.231. The summed E-state index contributed by atoms with van der Waals surface area (Å²) in [5.41, 5.74) is 0.226. The van der Waals surface area contributed by atoms with Gasteiger partial charge in [0.15, 0.2) is 0 Å². The quantitative estimate of drug-likeness (QED) is 0.864. The van der Waals surface area contributed by atoms with Crippen molar-refractivity contribution in [1.29, 1.82) is 0 Å². The van der Waals surface area contributed by atoms with E-state index in [1.807, 2.05) is 30.3 Å². The zero-order valence-electron chi connectivity index (χ0n) is 13.1. The third-order valence-electron chi connectivity index (χ3n) is 3.71. The minimum atomic E-state index is 0.226. The van der Waals surface area contributed by atoms with Gasteiger partial charge >= 0.3 is 0 Å². The van der Waals surface area contributed by atoms with Crippen molar-refractivity contribution in [3.63, 3.8) is 0 Å². The molecule has 1 unspecified atom stereocenters. The molecule has 1 heterocycles. The molecule has 1 aliphatic heterocycles. The first kappa shape index (κ1) is 15.3. The van der Waals surface area contributed by atoms with Crippen LogP contribution in [0.1, 0.15) is 27.2 Å². The Labute approximate surface area is 123 Å². The SMILES string of the molecule is CC(C)(C)NCC1CCN(CCOc2ccccc2)C1. The Hall–Kier alpha value is -1.06. The van der Waals surface area contributed by atoms with E-state index < -0.39 is 0 Å². The number of nitrogens with zero attached hydrogens (tertiary/aromatic N) is 1. The molecule has 0 aromatic heterocycles. The molecule has 1 aliphatic rings. The van der Waals surface area contributed by atoms with Crippen LogP contribution in [0, 0.1) is 5.92 Å². The topological polar surface area (TPSA) is 24.5 Å². The number of ether oxygens (including phenoxy) is 1. The molecule has 112 valence electrons. The summed E-state index contributed by atoms with van der Waals surface area (Å²) in [6.45, 7) is 12.0. The molecule has 0 amide bonds. The first-order chi connectivity index (χ1) is 9.53. The molecule has 1 atom stereocenters. The number of hydrogen-bond donors (Lipinski definition) is 1. The van der Waals surface area contributed by atoms with Gasteiger partial charge in [0.25, 0.3) is 0 Å². The first-order valence-corrected chi connectivity index (χ1v) is 7.68. The lowest BCUT2D eigenvalue weighted by atomic mass is 10.1. The predicted octanol–water partition coefficient (Wildman–Crippen LogP) is 2.78. The van der Waals surface area contributed by atoms with Gasteiger partial charge in [-0.15, -0.1) is 0 Å². The molecule has 1 N–H and O–H groups in total. The van der Waals surface area contributed by atoms with Crippen LogP contribution in [-0.2, 0) is 0 Å². The van der Waals surface area contributed by atoms with Crippen LogP contribution in [0.15, 0.2) is 30.3 Å². The average Bonchev–Trinajstić information content (AvgIpc) is 2.85. The van der Waals surface area contributed by atoms with Gasteiger partial charge in [0.1, 0.15) is 12.4 Å². The Morgan fingerprint density at radius 2 is 2.00 bits per heavy atom. The second-order valence-corrected chi connectivity index (χ2v) is 6.75. The van der Waals surface area contributed by atoms with Crippen LogP contribution < -0.4 is 10.1 Å². The van der Waals surface area contributed by atoms with Crippen LogP contribution in [0.5, 0.6) is 5.75 Å². The minimum Gasteiger partial charge on any atom is -0.492 e. The van der Waals surface area contributed by atoms with E-state index in [0.717, 1.165) is 31.4 Å². The highest BCUT2D eigenvalue weighted by Crippen LogP contribution is 2.16. The highest BCUT2D eigenvalue weighted by Gasteiger charge is 2.23. The van der Waals surface area contributed by atoms with Crippen LogP contribution in [0.25, 0.3) is 0 Å². The molecule has 20 heavy (non-hydrogen) atoms. The van der Waals surface area contributed by atoms with Crippen molar-refractivity contribution in [2.75, 3.05) is 32.8 Å². The summed E-state index contributed by atoms with van der Waals surface area (Å²) in [4.78, 5) is 2.51. The molecule has 0 radical (unpaired) electrons. The minimum absolute atomic E-state index is 0.226. The van der Waals surface area contributed by atoms with Gasteiger partial charge in [0.05, 0.1) is 0 Å². The van der Waals surface area contributed by atoms with E-state index in [2.05, 4.69) is 31.0 Å². The lowest BCUT2D eigenvalue weighted by Gasteiger charge is -2.23. The molecular weight excluding hydrogens is 248 g/mol. The van der Waals surface area contributed by atoms with E-state index >= 15 is 0 Å². The standard InChI is InChI=1S/C17H28N2O/c1-17(2,3)18-13-15-9-10-19(14-15)11-12-20-16-7-5-4-6-8-16/h4-8,15,18H,9-14H2,1-3H3. The van der Waals surface area contributed by atoms with Gasteiger partial charge in [-0.3, -0.25) is 4.90 Å². The number of para-hydroxylation sites is 1. The molecule has 0 aliphatic carbocycles. The highest BCUT2D eigenvalue weighted by atomic mass is 16.5. The Balaban J connectivity index is 1.61. The van der Waals surface area contributed by atoms with Crippen LogP contribution >= 0.6 is 0 Å². The van der Waals surface area contributed by atoms with Gasteiger partial charge in [-0.1, -0.05) is 18.2 Å². The van der Waals surface area contributed by atoms with Crippen molar-refractivity contribution in [3.8, 4) is 5.75 Å². The van der Waals surface area contributed by atoms with E-state index in [-0.39, 0.29) is 5.54 Å². The Kier molecular flexibility index (Phi) is 5.44. The van der Waals surface area contributed by atoms with E-state index in [0.29, 0.717) is 0 Å². The first-order valence-electron chi connectivity index (χ1n) is 7.68. The molecule has 0 saturated carbocycles. The van der Waals surface area contributed by atoms with E-state index in [1.165, 1.54) is 19.5 Å². The van der Waals surface area contributed by atoms with Gasteiger partial charge in [-0.05, 0) is 58.3 Å². The van der Waals surface area contributed by atoms with Crippen molar-refractivity contribution >= 4 is 0 Å². The second-order valence-electron chi connectivity index (χ2n) is 6.75. The van der Waals surface area contributed by atoms with Crippen LogP contribution in [0.3, 0.4) is 0 Å². The Bertz CT molecular complexity index is 386. The lowest BCUT2D eigenvalue weighted by Crippen LogP contribution is -2.39. The third kappa shape index (κ3) is 5.51. The Morgan fingerprint density at radius 1 is 1.25 bits per heavy atom. The molecular formula is C17H28N2O. The van der Waals surface area contributed by atoms with Crippen molar-refractivity contribution in [1.82, 2.24) is 10.2 Å². The van der Waals surface area contributed by atoms with E-state index in [9.17, 15) is 0 Å². The number of benzene rings is 1. The molecule has 2 rings (SSSR count). The predicted molar refractivity (Wildman–Crippen MR) is 84.2 cm³/mol. The fourth-order valence-corrected chi connectivity index (χ4v) is 2.54. The summed E-state index contributed by atoms with van der Waals surface area (Å²) >= 11 is 0. The van der Waals surface area contributed by atoms with Gasteiger partial charge in [-0.2, -0.15) is 0 Å². The molecule has 1 aromatic carbocycles. The van der Waals surface area contributed by atoms with Gasteiger partial charge in [0, 0.05) is 18.6 Å². The molecule has 1 aromatic rings. The summed E-state index contributed by atoms with van der Waals surface area (Å²) in [6, 6.07) is 10.1. The van der Waals surface area contributed by atoms with Crippen molar-refractivity contribution < 1.29 is 4.74 Å². The second kappa shape index (κ2) is 7.09. The molecule has 1 saturated heterocycles. The van der Waals surface area contributed by atoms with Crippen molar-refractivity contribution in [2.24, 2.45) is 5.92 Å². The number of rotatable bonds is 6. The molecule has 1 fully saturated rings. The monoisotopic (exact) mass is 276 g/mol. The average molecular weight is 276 g/mol. The zero-order chi connectivity index (χ0) is 14.4. The Morgan fingerprint density at radius 3 is 2.70 bits per heavy atom. The van der Waals surface area contributed by atoms with Gasteiger partial charge in [-0.25, -0.2) is 0 Å². The summed E-state index contributed by atoms with van der Waals surface area (Å²) in [6.07, 6.45) is 1.30. The maximum atomic E-state index is 5.76. The largest absolute Gasteiger partial charge is 0.492 e. The summed E-state index contributed by atoms with van der Waals surface area (Å²) in [5, 5.41) is 3.61.